The Hall–Kier alpha value is -1.58. The Balaban J connectivity index is 2.51. The lowest BCUT2D eigenvalue weighted by atomic mass is 10.1. The van der Waals surface area contributed by atoms with Gasteiger partial charge in [-0.1, -0.05) is 6.07 Å². The van der Waals surface area contributed by atoms with Crippen LogP contribution in [0.5, 0.6) is 5.75 Å². The highest BCUT2D eigenvalue weighted by Gasteiger charge is 2.05. The van der Waals surface area contributed by atoms with Gasteiger partial charge in [0.2, 0.25) is 0 Å². The number of ether oxygens (including phenoxy) is 2. The second-order valence-electron chi connectivity index (χ2n) is 3.40. The lowest BCUT2D eigenvalue weighted by Crippen LogP contribution is -2.00. The Morgan fingerprint density at radius 1 is 1.38 bits per heavy atom. The number of methoxy groups -OCH3 is 2. The highest BCUT2D eigenvalue weighted by molar-refractivity contribution is 5.69. The first-order valence-corrected chi connectivity index (χ1v) is 5.06. The molecule has 0 amide bonds. The number of carbonyl (C=O) groups excluding carboxylic acids is 1. The van der Waals surface area contributed by atoms with Crippen molar-refractivity contribution >= 4 is 5.97 Å². The van der Waals surface area contributed by atoms with Crippen molar-refractivity contribution in [1.29, 1.82) is 0 Å². The smallest absolute Gasteiger partial charge is 0.305 e. The van der Waals surface area contributed by atoms with Gasteiger partial charge in [-0.25, -0.2) is 4.39 Å². The molecule has 0 aliphatic carbocycles. The molecule has 1 aromatic rings. The van der Waals surface area contributed by atoms with Gasteiger partial charge < -0.3 is 9.47 Å². The molecule has 0 spiro atoms. The molecule has 0 N–H and O–H groups in total. The molecule has 0 unspecified atom stereocenters. The summed E-state index contributed by atoms with van der Waals surface area (Å²) in [6.07, 6.45) is 1.75. The van der Waals surface area contributed by atoms with Crippen molar-refractivity contribution in [2.45, 2.75) is 19.3 Å². The topological polar surface area (TPSA) is 35.5 Å². The van der Waals surface area contributed by atoms with Crippen LogP contribution in [0.3, 0.4) is 0 Å². The van der Waals surface area contributed by atoms with Crippen molar-refractivity contribution in [3.05, 3.63) is 29.6 Å². The maximum Gasteiger partial charge on any atom is 0.305 e. The van der Waals surface area contributed by atoms with Crippen molar-refractivity contribution in [2.75, 3.05) is 14.2 Å². The van der Waals surface area contributed by atoms with Gasteiger partial charge in [-0.15, -0.1) is 0 Å². The van der Waals surface area contributed by atoms with Gasteiger partial charge in [0.1, 0.15) is 0 Å². The highest BCUT2D eigenvalue weighted by Crippen LogP contribution is 2.19. The Labute approximate surface area is 94.2 Å². The molecule has 0 atom stereocenters. The minimum absolute atomic E-state index is 0.228. The molecule has 88 valence electrons. The quantitative estimate of drug-likeness (QED) is 0.723. The zero-order chi connectivity index (χ0) is 12.0. The van der Waals surface area contributed by atoms with E-state index in [1.165, 1.54) is 20.3 Å². The number of benzene rings is 1. The third-order valence-electron chi connectivity index (χ3n) is 2.29. The molecule has 4 heteroatoms. The third kappa shape index (κ3) is 3.53. The van der Waals surface area contributed by atoms with Crippen molar-refractivity contribution in [2.24, 2.45) is 0 Å². The van der Waals surface area contributed by atoms with Crippen molar-refractivity contribution in [3.63, 3.8) is 0 Å². The van der Waals surface area contributed by atoms with Gasteiger partial charge in [0.15, 0.2) is 11.6 Å². The second-order valence-corrected chi connectivity index (χ2v) is 3.40. The van der Waals surface area contributed by atoms with E-state index in [4.69, 9.17) is 4.74 Å². The molecule has 0 aliphatic rings. The molecule has 0 radical (unpaired) electrons. The normalized spacial score (nSPS) is 9.94. The summed E-state index contributed by atoms with van der Waals surface area (Å²) in [6.45, 7) is 0. The lowest BCUT2D eigenvalue weighted by molar-refractivity contribution is -0.140. The van der Waals surface area contributed by atoms with E-state index in [9.17, 15) is 9.18 Å². The fraction of sp³-hybridized carbons (Fsp3) is 0.417. The maximum atomic E-state index is 13.1. The molecular formula is C12H15FO3. The standard InChI is InChI=1S/C12H15FO3/c1-15-11-8-9(6-7-10(11)13)4-3-5-12(14)16-2/h6-8H,3-5H2,1-2H3. The monoisotopic (exact) mass is 226 g/mol. The molecule has 1 aromatic carbocycles. The van der Waals surface area contributed by atoms with Crippen LogP contribution in [-0.4, -0.2) is 20.2 Å². The number of aryl methyl sites for hydroxylation is 1. The molecule has 0 fully saturated rings. The first-order chi connectivity index (χ1) is 7.67. The van der Waals surface area contributed by atoms with Crippen LogP contribution in [0.2, 0.25) is 0 Å². The van der Waals surface area contributed by atoms with E-state index in [1.54, 1.807) is 12.1 Å². The summed E-state index contributed by atoms with van der Waals surface area (Å²) >= 11 is 0. The van der Waals surface area contributed by atoms with Crippen LogP contribution in [0.15, 0.2) is 18.2 Å². The summed E-state index contributed by atoms with van der Waals surface area (Å²) in [4.78, 5) is 10.9. The molecule has 0 heterocycles. The summed E-state index contributed by atoms with van der Waals surface area (Å²) in [5, 5.41) is 0. The van der Waals surface area contributed by atoms with Crippen molar-refractivity contribution in [3.8, 4) is 5.75 Å². The molecular weight excluding hydrogens is 211 g/mol. The first-order valence-electron chi connectivity index (χ1n) is 5.06. The van der Waals surface area contributed by atoms with Gasteiger partial charge in [-0.3, -0.25) is 4.79 Å². The van der Waals surface area contributed by atoms with E-state index in [2.05, 4.69) is 4.74 Å². The Kier molecular flexibility index (Phi) is 4.76. The molecule has 0 aliphatic heterocycles. The van der Waals surface area contributed by atoms with Crippen molar-refractivity contribution < 1.29 is 18.7 Å². The molecule has 16 heavy (non-hydrogen) atoms. The number of esters is 1. The Morgan fingerprint density at radius 3 is 2.75 bits per heavy atom. The minimum atomic E-state index is -0.376. The Morgan fingerprint density at radius 2 is 2.12 bits per heavy atom. The van der Waals surface area contributed by atoms with Crippen molar-refractivity contribution in [1.82, 2.24) is 0 Å². The van der Waals surface area contributed by atoms with Gasteiger partial charge in [-0.2, -0.15) is 0 Å². The largest absolute Gasteiger partial charge is 0.494 e. The summed E-state index contributed by atoms with van der Waals surface area (Å²) in [5.74, 6) is -0.371. The van der Waals surface area contributed by atoms with Crippen LogP contribution in [0.1, 0.15) is 18.4 Å². The van der Waals surface area contributed by atoms with Gasteiger partial charge >= 0.3 is 5.97 Å². The molecule has 1 rings (SSSR count). The van der Waals surface area contributed by atoms with Gasteiger partial charge in [0.25, 0.3) is 0 Å². The fourth-order valence-corrected chi connectivity index (χ4v) is 1.40. The summed E-state index contributed by atoms with van der Waals surface area (Å²) in [7, 11) is 2.79. The van der Waals surface area contributed by atoms with Crippen LogP contribution in [0.25, 0.3) is 0 Å². The summed E-state index contributed by atoms with van der Waals surface area (Å²) in [6, 6.07) is 4.70. The summed E-state index contributed by atoms with van der Waals surface area (Å²) in [5.41, 5.74) is 0.946. The van der Waals surface area contributed by atoms with Gasteiger partial charge in [0, 0.05) is 6.42 Å². The van der Waals surface area contributed by atoms with Crippen LogP contribution >= 0.6 is 0 Å². The lowest BCUT2D eigenvalue weighted by Gasteiger charge is -2.05. The highest BCUT2D eigenvalue weighted by atomic mass is 19.1. The first kappa shape index (κ1) is 12.5. The fourth-order valence-electron chi connectivity index (χ4n) is 1.40. The number of carbonyl (C=O) groups is 1. The van der Waals surface area contributed by atoms with E-state index in [0.29, 0.717) is 19.3 Å². The number of halogens is 1. The van der Waals surface area contributed by atoms with E-state index in [1.807, 2.05) is 0 Å². The summed E-state index contributed by atoms with van der Waals surface area (Å²) < 4.78 is 22.5. The van der Waals surface area contributed by atoms with E-state index in [-0.39, 0.29) is 17.5 Å². The number of hydrogen-bond acceptors (Lipinski definition) is 3. The van der Waals surface area contributed by atoms with Crippen LogP contribution in [-0.2, 0) is 16.0 Å². The molecule has 0 saturated heterocycles. The van der Waals surface area contributed by atoms with Gasteiger partial charge in [-0.05, 0) is 30.5 Å². The van der Waals surface area contributed by atoms with Crippen LogP contribution in [0.4, 0.5) is 4.39 Å². The maximum absolute atomic E-state index is 13.1. The minimum Gasteiger partial charge on any atom is -0.494 e. The van der Waals surface area contributed by atoms with E-state index in [0.717, 1.165) is 5.56 Å². The molecule has 0 saturated carbocycles. The third-order valence-corrected chi connectivity index (χ3v) is 2.29. The zero-order valence-electron chi connectivity index (χ0n) is 9.46. The average molecular weight is 226 g/mol. The molecule has 0 aromatic heterocycles. The predicted octanol–water partition coefficient (Wildman–Crippen LogP) is 2.33. The predicted molar refractivity (Wildman–Crippen MR) is 57.9 cm³/mol. The molecule has 0 bridgehead atoms. The van der Waals surface area contributed by atoms with E-state index < -0.39 is 0 Å². The van der Waals surface area contributed by atoms with Crippen LogP contribution < -0.4 is 4.74 Å². The van der Waals surface area contributed by atoms with Crippen LogP contribution in [0, 0.1) is 5.82 Å². The number of hydrogen-bond donors (Lipinski definition) is 0. The SMILES string of the molecule is COC(=O)CCCc1ccc(F)c(OC)c1. The second kappa shape index (κ2) is 6.10. The van der Waals surface area contributed by atoms with E-state index >= 15 is 0 Å². The van der Waals surface area contributed by atoms with Gasteiger partial charge in [0.05, 0.1) is 14.2 Å². The molecule has 3 nitrogen and oxygen atoms in total. The zero-order valence-corrected chi connectivity index (χ0v) is 9.46. The number of rotatable bonds is 5. The Bertz CT molecular complexity index is 363. The average Bonchev–Trinajstić information content (AvgIpc) is 2.31.